The van der Waals surface area contributed by atoms with Gasteiger partial charge in [0.15, 0.2) is 5.82 Å². The zero-order valence-electron chi connectivity index (χ0n) is 18.2. The molecule has 2 aromatic heterocycles. The van der Waals surface area contributed by atoms with Gasteiger partial charge in [0, 0.05) is 11.1 Å². The lowest BCUT2D eigenvalue weighted by Gasteiger charge is -2.18. The molecule has 1 aliphatic rings. The molecular weight excluding hydrogens is 440 g/mol. The number of rotatable bonds is 3. The first-order chi connectivity index (χ1) is 15.6. The number of carboxylic acid groups (broad SMARTS) is 1. The molecule has 0 saturated carbocycles. The van der Waals surface area contributed by atoms with E-state index in [1.54, 1.807) is 24.3 Å². The summed E-state index contributed by atoms with van der Waals surface area (Å²) in [6.07, 6.45) is 0. The Morgan fingerprint density at radius 3 is 2.39 bits per heavy atom. The summed E-state index contributed by atoms with van der Waals surface area (Å²) in [5, 5.41) is 13.6. The summed E-state index contributed by atoms with van der Waals surface area (Å²) in [5.41, 5.74) is 2.73. The second-order valence-electron chi connectivity index (χ2n) is 8.87. The van der Waals surface area contributed by atoms with Crippen LogP contribution in [0.25, 0.3) is 21.9 Å². The highest BCUT2D eigenvalue weighted by Crippen LogP contribution is 2.35. The fourth-order valence-electron chi connectivity index (χ4n) is 3.92. The van der Waals surface area contributed by atoms with Crippen molar-refractivity contribution in [1.29, 1.82) is 0 Å². The van der Waals surface area contributed by atoms with Gasteiger partial charge in [0.25, 0.3) is 11.5 Å². The van der Waals surface area contributed by atoms with Crippen molar-refractivity contribution in [3.8, 4) is 11.4 Å². The van der Waals surface area contributed by atoms with Gasteiger partial charge in [0.05, 0.1) is 11.3 Å². The Balaban J connectivity index is 1.63. The predicted octanol–water partition coefficient (Wildman–Crippen LogP) is 2.46. The monoisotopic (exact) mass is 460 g/mol. The number of thiazole rings is 1. The molecule has 0 aliphatic carbocycles. The molecule has 0 unspecified atom stereocenters. The predicted molar refractivity (Wildman–Crippen MR) is 125 cm³/mol. The number of amides is 1. The van der Waals surface area contributed by atoms with Crippen molar-refractivity contribution in [2.45, 2.75) is 26.2 Å². The van der Waals surface area contributed by atoms with Crippen molar-refractivity contribution in [3.63, 3.8) is 0 Å². The van der Waals surface area contributed by atoms with Gasteiger partial charge in [0.2, 0.25) is 4.96 Å². The van der Waals surface area contributed by atoms with Crippen molar-refractivity contribution in [2.24, 2.45) is 0 Å². The summed E-state index contributed by atoms with van der Waals surface area (Å²) in [5.74, 6) is -1.22. The van der Waals surface area contributed by atoms with Crippen molar-refractivity contribution in [1.82, 2.24) is 14.6 Å². The van der Waals surface area contributed by atoms with Crippen molar-refractivity contribution < 1.29 is 14.7 Å². The summed E-state index contributed by atoms with van der Waals surface area (Å²) in [6, 6.07) is 14.8. The molecule has 0 radical (unpaired) electrons. The Hall–Kier alpha value is -3.85. The largest absolute Gasteiger partial charge is 0.480 e. The highest BCUT2D eigenvalue weighted by atomic mass is 32.1. The van der Waals surface area contributed by atoms with Crippen LogP contribution in [0, 0.1) is 0 Å². The lowest BCUT2D eigenvalue weighted by molar-refractivity contribution is -0.136. The number of aliphatic carboxylic acids is 1. The summed E-state index contributed by atoms with van der Waals surface area (Å²) in [7, 11) is 0. The maximum atomic E-state index is 13.2. The minimum absolute atomic E-state index is 0.0213. The molecule has 2 aromatic carbocycles. The van der Waals surface area contributed by atoms with Crippen LogP contribution in [0.4, 0.5) is 5.69 Å². The van der Waals surface area contributed by atoms with Crippen LogP contribution in [0.15, 0.2) is 53.3 Å². The Kier molecular flexibility index (Phi) is 4.68. The molecule has 33 heavy (non-hydrogen) atoms. The average Bonchev–Trinajstić information content (AvgIpc) is 3.39. The highest BCUT2D eigenvalue weighted by Gasteiger charge is 2.35. The number of para-hydroxylation sites is 1. The number of carbonyl (C=O) groups excluding carboxylic acids is 1. The van der Waals surface area contributed by atoms with E-state index in [0.29, 0.717) is 22.0 Å². The van der Waals surface area contributed by atoms with Gasteiger partial charge in [-0.05, 0) is 17.0 Å². The summed E-state index contributed by atoms with van der Waals surface area (Å²) >= 11 is 1.08. The van der Waals surface area contributed by atoms with Gasteiger partial charge < -0.3 is 5.11 Å². The van der Waals surface area contributed by atoms with E-state index in [1.165, 1.54) is 15.0 Å². The first-order valence-electron chi connectivity index (χ1n) is 10.3. The molecule has 0 saturated heterocycles. The Labute approximate surface area is 192 Å². The van der Waals surface area contributed by atoms with E-state index in [-0.39, 0.29) is 15.5 Å². The molecule has 8 nitrogen and oxygen atoms in total. The second kappa shape index (κ2) is 7.35. The molecule has 0 atom stereocenters. The number of fused-ring (bicyclic) bond motifs is 2. The number of carbonyl (C=O) groups is 2. The molecule has 166 valence electrons. The van der Waals surface area contributed by atoms with Gasteiger partial charge in [0.1, 0.15) is 11.1 Å². The summed E-state index contributed by atoms with van der Waals surface area (Å²) in [4.78, 5) is 43.6. The first kappa shape index (κ1) is 21.0. The molecule has 1 amide bonds. The van der Waals surface area contributed by atoms with E-state index >= 15 is 0 Å². The molecule has 0 spiro atoms. The average molecular weight is 461 g/mol. The minimum Gasteiger partial charge on any atom is -0.480 e. The van der Waals surface area contributed by atoms with Gasteiger partial charge >= 0.3 is 5.97 Å². The fourth-order valence-corrected chi connectivity index (χ4v) is 4.92. The van der Waals surface area contributed by atoms with Gasteiger partial charge in [-0.15, -0.1) is 5.10 Å². The molecular formula is C24H20N4O4S. The van der Waals surface area contributed by atoms with Crippen LogP contribution in [0.2, 0.25) is 0 Å². The van der Waals surface area contributed by atoms with E-state index in [4.69, 9.17) is 0 Å². The topological polar surface area (TPSA) is 105 Å². The van der Waals surface area contributed by atoms with Crippen LogP contribution in [0.3, 0.4) is 0 Å². The third kappa shape index (κ3) is 3.41. The quantitative estimate of drug-likeness (QED) is 0.504. The summed E-state index contributed by atoms with van der Waals surface area (Å²) < 4.78 is 1.40. The minimum atomic E-state index is -1.13. The zero-order valence-corrected chi connectivity index (χ0v) is 19.0. The number of carboxylic acids is 1. The van der Waals surface area contributed by atoms with Crippen LogP contribution in [-0.2, 0) is 15.0 Å². The third-order valence-corrected chi connectivity index (χ3v) is 6.64. The molecule has 0 bridgehead atoms. The van der Waals surface area contributed by atoms with Gasteiger partial charge in [-0.2, -0.15) is 9.50 Å². The maximum absolute atomic E-state index is 13.2. The molecule has 5 rings (SSSR count). The third-order valence-electron chi connectivity index (χ3n) is 5.61. The number of hydrogen-bond donors (Lipinski definition) is 1. The molecule has 1 N–H and O–H groups in total. The summed E-state index contributed by atoms with van der Waals surface area (Å²) in [6.45, 7) is 5.92. The number of anilines is 1. The maximum Gasteiger partial charge on any atom is 0.323 e. The number of benzene rings is 2. The lowest BCUT2D eigenvalue weighted by Crippen LogP contribution is -2.35. The molecule has 4 aromatic rings. The number of hydrogen-bond acceptors (Lipinski definition) is 6. The normalized spacial score (nSPS) is 15.4. The fraction of sp³-hybridized carbons (Fsp3) is 0.208. The Bertz CT molecular complexity index is 1540. The van der Waals surface area contributed by atoms with E-state index in [9.17, 15) is 19.5 Å². The zero-order chi connectivity index (χ0) is 23.5. The van der Waals surface area contributed by atoms with Crippen LogP contribution >= 0.6 is 11.3 Å². The van der Waals surface area contributed by atoms with Crippen molar-refractivity contribution >= 4 is 39.4 Å². The highest BCUT2D eigenvalue weighted by molar-refractivity contribution is 7.15. The van der Waals surface area contributed by atoms with E-state index in [2.05, 4.69) is 30.9 Å². The Morgan fingerprint density at radius 2 is 1.76 bits per heavy atom. The van der Waals surface area contributed by atoms with E-state index in [1.807, 2.05) is 24.3 Å². The Morgan fingerprint density at radius 1 is 1.06 bits per heavy atom. The SMILES string of the molecule is CC(C)(C)c1ccc(-c2nc3s/c(=C4\C(=O)N(CC(=O)O)c5ccccc54)c(=O)n3n2)cc1. The smallest absolute Gasteiger partial charge is 0.323 e. The van der Waals surface area contributed by atoms with Crippen LogP contribution in [0.1, 0.15) is 31.9 Å². The number of nitrogens with zero attached hydrogens (tertiary/aromatic N) is 4. The molecule has 0 fully saturated rings. The molecule has 1 aliphatic heterocycles. The molecule has 3 heterocycles. The van der Waals surface area contributed by atoms with E-state index < -0.39 is 24.0 Å². The van der Waals surface area contributed by atoms with Crippen LogP contribution in [-0.4, -0.2) is 38.1 Å². The first-order valence-corrected chi connectivity index (χ1v) is 11.1. The van der Waals surface area contributed by atoms with Gasteiger partial charge in [-0.1, -0.05) is 74.6 Å². The van der Waals surface area contributed by atoms with Gasteiger partial charge in [-0.25, -0.2) is 0 Å². The number of aromatic nitrogens is 3. The van der Waals surface area contributed by atoms with Crippen LogP contribution < -0.4 is 15.0 Å². The van der Waals surface area contributed by atoms with Gasteiger partial charge in [-0.3, -0.25) is 19.3 Å². The second-order valence-corrected chi connectivity index (χ2v) is 9.85. The van der Waals surface area contributed by atoms with Crippen molar-refractivity contribution in [3.05, 3.63) is 74.5 Å². The van der Waals surface area contributed by atoms with Crippen molar-refractivity contribution in [2.75, 3.05) is 11.4 Å². The standard InChI is InChI=1S/C24H20N4O4S/c1-24(2,3)14-10-8-13(9-11-14)20-25-23-28(26-20)22(32)19(33-23)18-15-6-4-5-7-16(15)27(21(18)31)12-17(29)30/h4-11H,12H2,1-3H3,(H,29,30)/b19-18-. The lowest BCUT2D eigenvalue weighted by atomic mass is 9.87. The van der Waals surface area contributed by atoms with Crippen LogP contribution in [0.5, 0.6) is 0 Å². The van der Waals surface area contributed by atoms with E-state index in [0.717, 1.165) is 16.9 Å². The molecule has 9 heteroatoms.